The maximum absolute atomic E-state index is 11.6. The largest absolute Gasteiger partial charge is 0.480 e. The Labute approximate surface area is 104 Å². The molecular formula is C11H16N2O3S. The molecule has 0 aliphatic heterocycles. The van der Waals surface area contributed by atoms with Gasteiger partial charge in [0.05, 0.1) is 11.2 Å². The summed E-state index contributed by atoms with van der Waals surface area (Å²) in [4.78, 5) is 27.9. The van der Waals surface area contributed by atoms with Gasteiger partial charge >= 0.3 is 5.97 Å². The molecule has 1 heterocycles. The van der Waals surface area contributed by atoms with E-state index in [9.17, 15) is 9.59 Å². The average Bonchev–Trinajstić information content (AvgIpc) is 2.70. The van der Waals surface area contributed by atoms with E-state index in [1.165, 1.54) is 25.3 Å². The molecule has 0 aromatic carbocycles. The third kappa shape index (κ3) is 2.82. The number of rotatable bonds is 5. The topological polar surface area (TPSA) is 79.3 Å². The average molecular weight is 256 g/mol. The minimum absolute atomic E-state index is 0.269. The smallest absolute Gasteiger partial charge is 0.318 e. The molecular weight excluding hydrogens is 240 g/mol. The molecule has 0 saturated carbocycles. The van der Waals surface area contributed by atoms with Gasteiger partial charge in [0.15, 0.2) is 0 Å². The summed E-state index contributed by atoms with van der Waals surface area (Å²) >= 11 is 1.49. The summed E-state index contributed by atoms with van der Waals surface area (Å²) in [5.41, 5.74) is 1.24. The second kappa shape index (κ2) is 5.27. The maximum atomic E-state index is 11.6. The Balaban J connectivity index is 2.79. The van der Waals surface area contributed by atoms with Crippen molar-refractivity contribution >= 4 is 23.2 Å². The molecule has 6 heteroatoms. The number of carbonyl (C=O) groups excluding carboxylic acids is 1. The van der Waals surface area contributed by atoms with Crippen LogP contribution in [-0.4, -0.2) is 29.0 Å². The Morgan fingerprint density at radius 1 is 1.59 bits per heavy atom. The number of nitrogens with zero attached hydrogens (tertiary/aromatic N) is 1. The van der Waals surface area contributed by atoms with E-state index in [0.717, 1.165) is 10.6 Å². The minimum atomic E-state index is -1.38. The summed E-state index contributed by atoms with van der Waals surface area (Å²) in [6, 6.07) is 0. The lowest BCUT2D eigenvalue weighted by molar-refractivity contribution is -0.154. The molecule has 1 atom stereocenters. The number of hydrogen-bond donors (Lipinski definition) is 2. The van der Waals surface area contributed by atoms with E-state index in [1.54, 1.807) is 5.51 Å². The van der Waals surface area contributed by atoms with Crippen LogP contribution in [0.25, 0.3) is 0 Å². The molecule has 1 amide bonds. The van der Waals surface area contributed by atoms with Crippen molar-refractivity contribution in [3.05, 3.63) is 16.1 Å². The van der Waals surface area contributed by atoms with Gasteiger partial charge in [0.2, 0.25) is 5.91 Å². The van der Waals surface area contributed by atoms with Gasteiger partial charge in [0.25, 0.3) is 0 Å². The molecule has 17 heavy (non-hydrogen) atoms. The van der Waals surface area contributed by atoms with Gasteiger partial charge in [-0.25, -0.2) is 4.98 Å². The van der Waals surface area contributed by atoms with Crippen LogP contribution in [0.5, 0.6) is 0 Å². The zero-order chi connectivity index (χ0) is 13.1. The van der Waals surface area contributed by atoms with Gasteiger partial charge in [-0.15, -0.1) is 11.3 Å². The highest BCUT2D eigenvalue weighted by atomic mass is 32.1. The van der Waals surface area contributed by atoms with Crippen LogP contribution in [0.15, 0.2) is 5.51 Å². The van der Waals surface area contributed by atoms with Crippen LogP contribution < -0.4 is 5.32 Å². The first-order chi connectivity index (χ1) is 7.91. The number of nitrogens with one attached hydrogen (secondary N) is 1. The standard InChI is InChI=1S/C11H16N2O3S/c1-7-8(17-6-13-7)4-5-11(2,10(15)16)9(14)12-3/h6H,4-5H2,1-3H3,(H,12,14)(H,15,16). The highest BCUT2D eigenvalue weighted by molar-refractivity contribution is 7.09. The first-order valence-electron chi connectivity index (χ1n) is 5.26. The Morgan fingerprint density at radius 3 is 2.65 bits per heavy atom. The van der Waals surface area contributed by atoms with E-state index in [4.69, 9.17) is 5.11 Å². The molecule has 5 nitrogen and oxygen atoms in total. The van der Waals surface area contributed by atoms with Crippen LogP contribution in [0.3, 0.4) is 0 Å². The van der Waals surface area contributed by atoms with Crippen LogP contribution in [0.2, 0.25) is 0 Å². The maximum Gasteiger partial charge on any atom is 0.318 e. The molecule has 0 fully saturated rings. The second-order valence-electron chi connectivity index (χ2n) is 4.08. The first kappa shape index (κ1) is 13.6. The Morgan fingerprint density at radius 2 is 2.24 bits per heavy atom. The number of carbonyl (C=O) groups is 2. The molecule has 0 radical (unpaired) electrons. The number of amides is 1. The SMILES string of the molecule is CNC(=O)C(C)(CCc1scnc1C)C(=O)O. The van der Waals surface area contributed by atoms with Crippen molar-refractivity contribution < 1.29 is 14.7 Å². The molecule has 0 bridgehead atoms. The van der Waals surface area contributed by atoms with Crippen LogP contribution in [0.1, 0.15) is 23.9 Å². The van der Waals surface area contributed by atoms with Gasteiger partial charge in [-0.3, -0.25) is 9.59 Å². The molecule has 1 rings (SSSR count). The number of aryl methyl sites for hydroxylation is 2. The first-order valence-corrected chi connectivity index (χ1v) is 6.14. The van der Waals surface area contributed by atoms with Crippen LogP contribution in [0.4, 0.5) is 0 Å². The van der Waals surface area contributed by atoms with Crippen molar-refractivity contribution in [3.8, 4) is 0 Å². The Bertz CT molecular complexity index is 430. The van der Waals surface area contributed by atoms with Gasteiger partial charge in [-0.05, 0) is 26.7 Å². The molecule has 0 aliphatic rings. The summed E-state index contributed by atoms with van der Waals surface area (Å²) < 4.78 is 0. The van der Waals surface area contributed by atoms with Gasteiger partial charge in [-0.2, -0.15) is 0 Å². The fraction of sp³-hybridized carbons (Fsp3) is 0.545. The molecule has 1 aromatic heterocycles. The van der Waals surface area contributed by atoms with Crippen molar-refractivity contribution in [2.45, 2.75) is 26.7 Å². The third-order valence-corrected chi connectivity index (χ3v) is 3.89. The molecule has 0 aliphatic carbocycles. The van der Waals surface area contributed by atoms with Crippen molar-refractivity contribution in [3.63, 3.8) is 0 Å². The van der Waals surface area contributed by atoms with Crippen molar-refractivity contribution in [2.75, 3.05) is 7.05 Å². The minimum Gasteiger partial charge on any atom is -0.480 e. The Kier molecular flexibility index (Phi) is 4.22. The number of aliphatic carboxylic acids is 1. The lowest BCUT2D eigenvalue weighted by Gasteiger charge is -2.22. The van der Waals surface area contributed by atoms with E-state index in [1.807, 2.05) is 6.92 Å². The van der Waals surface area contributed by atoms with Crippen LogP contribution >= 0.6 is 11.3 Å². The van der Waals surface area contributed by atoms with E-state index in [-0.39, 0.29) is 6.42 Å². The summed E-state index contributed by atoms with van der Waals surface area (Å²) in [6.45, 7) is 3.33. The Hall–Kier alpha value is -1.43. The molecule has 1 unspecified atom stereocenters. The number of aromatic nitrogens is 1. The lowest BCUT2D eigenvalue weighted by Crippen LogP contribution is -2.43. The van der Waals surface area contributed by atoms with Crippen molar-refractivity contribution in [1.82, 2.24) is 10.3 Å². The molecule has 0 spiro atoms. The zero-order valence-corrected chi connectivity index (χ0v) is 10.9. The summed E-state index contributed by atoms with van der Waals surface area (Å²) in [5.74, 6) is -1.56. The van der Waals surface area contributed by atoms with Crippen LogP contribution in [0, 0.1) is 12.3 Å². The summed E-state index contributed by atoms with van der Waals surface area (Å²) in [6.07, 6.45) is 0.817. The van der Waals surface area contributed by atoms with Gasteiger partial charge in [0.1, 0.15) is 5.41 Å². The van der Waals surface area contributed by atoms with Gasteiger partial charge in [0, 0.05) is 11.9 Å². The van der Waals surface area contributed by atoms with Gasteiger partial charge in [-0.1, -0.05) is 0 Å². The summed E-state index contributed by atoms with van der Waals surface area (Å²) in [5, 5.41) is 11.6. The summed E-state index contributed by atoms with van der Waals surface area (Å²) in [7, 11) is 1.45. The van der Waals surface area contributed by atoms with Crippen molar-refractivity contribution in [1.29, 1.82) is 0 Å². The van der Waals surface area contributed by atoms with E-state index in [2.05, 4.69) is 10.3 Å². The normalized spacial score (nSPS) is 14.1. The predicted molar refractivity (Wildman–Crippen MR) is 65.0 cm³/mol. The number of hydrogen-bond acceptors (Lipinski definition) is 4. The highest BCUT2D eigenvalue weighted by Gasteiger charge is 2.40. The van der Waals surface area contributed by atoms with E-state index < -0.39 is 17.3 Å². The molecule has 1 aromatic rings. The van der Waals surface area contributed by atoms with E-state index in [0.29, 0.717) is 6.42 Å². The monoisotopic (exact) mass is 256 g/mol. The second-order valence-corrected chi connectivity index (χ2v) is 5.02. The van der Waals surface area contributed by atoms with Crippen LogP contribution in [-0.2, 0) is 16.0 Å². The fourth-order valence-electron chi connectivity index (χ4n) is 1.52. The van der Waals surface area contributed by atoms with Crippen molar-refractivity contribution in [2.24, 2.45) is 5.41 Å². The quantitative estimate of drug-likeness (QED) is 0.776. The third-order valence-electron chi connectivity index (χ3n) is 2.90. The lowest BCUT2D eigenvalue weighted by atomic mass is 9.84. The number of carboxylic acid groups (broad SMARTS) is 1. The molecule has 0 saturated heterocycles. The number of thiazole rings is 1. The van der Waals surface area contributed by atoms with E-state index >= 15 is 0 Å². The van der Waals surface area contributed by atoms with Gasteiger partial charge < -0.3 is 10.4 Å². The zero-order valence-electron chi connectivity index (χ0n) is 10.1. The fourth-order valence-corrected chi connectivity index (χ4v) is 2.30. The predicted octanol–water partition coefficient (Wildman–Crippen LogP) is 1.22. The number of carboxylic acids is 1. The molecule has 94 valence electrons. The molecule has 2 N–H and O–H groups in total. The highest BCUT2D eigenvalue weighted by Crippen LogP contribution is 2.26.